The highest BCUT2D eigenvalue weighted by atomic mass is 35.5. The second-order valence-corrected chi connectivity index (χ2v) is 4.95. The van der Waals surface area contributed by atoms with Crippen molar-refractivity contribution in [2.75, 3.05) is 11.4 Å². The first kappa shape index (κ1) is 13.8. The van der Waals surface area contributed by atoms with Crippen LogP contribution in [-0.4, -0.2) is 39.5 Å². The fourth-order valence-electron chi connectivity index (χ4n) is 2.02. The van der Waals surface area contributed by atoms with Gasteiger partial charge in [0.2, 0.25) is 17.1 Å². The van der Waals surface area contributed by atoms with Crippen molar-refractivity contribution in [3.63, 3.8) is 0 Å². The zero-order valence-corrected chi connectivity index (χ0v) is 11.6. The Bertz CT molecular complexity index is 482. The summed E-state index contributed by atoms with van der Waals surface area (Å²) in [6, 6.07) is -0.245. The number of hydrogen-bond donors (Lipinski definition) is 1. The molecule has 0 aromatic carbocycles. The van der Waals surface area contributed by atoms with E-state index >= 15 is 0 Å². The summed E-state index contributed by atoms with van der Waals surface area (Å²) in [5.74, 6) is -0.0580. The summed E-state index contributed by atoms with van der Waals surface area (Å²) in [6.07, 6.45) is 1.48. The lowest BCUT2D eigenvalue weighted by molar-refractivity contribution is -0.119. The lowest BCUT2D eigenvalue weighted by Crippen LogP contribution is -2.41. The summed E-state index contributed by atoms with van der Waals surface area (Å²) < 4.78 is 5.40. The number of amides is 1. The van der Waals surface area contributed by atoms with Gasteiger partial charge in [0, 0.05) is 6.54 Å². The van der Waals surface area contributed by atoms with Crippen LogP contribution in [-0.2, 0) is 4.79 Å². The maximum Gasteiger partial charge on any atom is 0.322 e. The maximum absolute atomic E-state index is 11.4. The molecule has 104 valence electrons. The third-order valence-electron chi connectivity index (χ3n) is 2.76. The van der Waals surface area contributed by atoms with Crippen molar-refractivity contribution >= 4 is 23.5 Å². The van der Waals surface area contributed by atoms with E-state index in [4.69, 9.17) is 22.1 Å². The van der Waals surface area contributed by atoms with E-state index in [2.05, 4.69) is 15.0 Å². The fourth-order valence-corrected chi connectivity index (χ4v) is 2.16. The van der Waals surface area contributed by atoms with Crippen LogP contribution in [0.2, 0.25) is 5.28 Å². The average molecular weight is 286 g/mol. The molecule has 1 aromatic rings. The largest absolute Gasteiger partial charge is 0.461 e. The molecule has 1 unspecified atom stereocenters. The smallest absolute Gasteiger partial charge is 0.322 e. The van der Waals surface area contributed by atoms with E-state index in [1.54, 1.807) is 4.90 Å². The minimum absolute atomic E-state index is 0.0378. The van der Waals surface area contributed by atoms with Gasteiger partial charge in [-0.2, -0.15) is 15.0 Å². The van der Waals surface area contributed by atoms with Gasteiger partial charge in [0.05, 0.1) is 6.10 Å². The third kappa shape index (κ3) is 3.23. The van der Waals surface area contributed by atoms with Crippen molar-refractivity contribution in [3.05, 3.63) is 5.28 Å². The van der Waals surface area contributed by atoms with E-state index in [1.165, 1.54) is 0 Å². The van der Waals surface area contributed by atoms with Gasteiger partial charge in [0.15, 0.2) is 0 Å². The second kappa shape index (κ2) is 5.56. The Labute approximate surface area is 116 Å². The SMILES string of the molecule is CC(C)Oc1nc(Cl)nc(N2CCCC2C(N)=O)n1. The monoisotopic (exact) mass is 285 g/mol. The van der Waals surface area contributed by atoms with E-state index in [-0.39, 0.29) is 23.3 Å². The number of anilines is 1. The highest BCUT2D eigenvalue weighted by molar-refractivity contribution is 6.28. The number of halogens is 1. The molecule has 2 heterocycles. The Hall–Kier alpha value is -1.63. The van der Waals surface area contributed by atoms with Gasteiger partial charge in [-0.05, 0) is 38.3 Å². The van der Waals surface area contributed by atoms with Crippen LogP contribution >= 0.6 is 11.6 Å². The zero-order chi connectivity index (χ0) is 14.0. The van der Waals surface area contributed by atoms with Crippen LogP contribution in [0, 0.1) is 0 Å². The molecule has 1 saturated heterocycles. The Morgan fingerprint density at radius 3 is 2.84 bits per heavy atom. The zero-order valence-electron chi connectivity index (χ0n) is 10.8. The molecule has 0 spiro atoms. The Morgan fingerprint density at radius 1 is 1.47 bits per heavy atom. The molecule has 1 atom stereocenters. The van der Waals surface area contributed by atoms with Gasteiger partial charge < -0.3 is 15.4 Å². The average Bonchev–Trinajstić information content (AvgIpc) is 2.75. The molecule has 1 fully saturated rings. The maximum atomic E-state index is 11.4. The van der Waals surface area contributed by atoms with Crippen LogP contribution in [0.3, 0.4) is 0 Å². The van der Waals surface area contributed by atoms with Gasteiger partial charge in [0.25, 0.3) is 0 Å². The first-order valence-corrected chi connectivity index (χ1v) is 6.49. The van der Waals surface area contributed by atoms with Gasteiger partial charge in [-0.25, -0.2) is 0 Å². The van der Waals surface area contributed by atoms with E-state index < -0.39 is 6.04 Å². The van der Waals surface area contributed by atoms with Crippen LogP contribution in [0.5, 0.6) is 6.01 Å². The Morgan fingerprint density at radius 2 is 2.21 bits per heavy atom. The first-order chi connectivity index (χ1) is 8.97. The second-order valence-electron chi connectivity index (χ2n) is 4.61. The molecular formula is C11H16ClN5O2. The Balaban J connectivity index is 2.28. The summed E-state index contributed by atoms with van der Waals surface area (Å²) in [4.78, 5) is 25.2. The van der Waals surface area contributed by atoms with Crippen LogP contribution in [0.15, 0.2) is 0 Å². The number of nitrogens with two attached hydrogens (primary N) is 1. The minimum Gasteiger partial charge on any atom is -0.461 e. The number of ether oxygens (including phenoxy) is 1. The van der Waals surface area contributed by atoms with Crippen LogP contribution in [0.1, 0.15) is 26.7 Å². The molecule has 7 nitrogen and oxygen atoms in total. The molecule has 1 aliphatic rings. The highest BCUT2D eigenvalue weighted by Crippen LogP contribution is 2.24. The number of hydrogen-bond acceptors (Lipinski definition) is 6. The van der Waals surface area contributed by atoms with Crippen molar-refractivity contribution in [1.29, 1.82) is 0 Å². The van der Waals surface area contributed by atoms with Gasteiger partial charge in [-0.1, -0.05) is 0 Å². The highest BCUT2D eigenvalue weighted by Gasteiger charge is 2.31. The number of primary amides is 1. The summed E-state index contributed by atoms with van der Waals surface area (Å²) in [7, 11) is 0. The normalized spacial score (nSPS) is 18.9. The van der Waals surface area contributed by atoms with Crippen molar-refractivity contribution < 1.29 is 9.53 Å². The van der Waals surface area contributed by atoms with Crippen LogP contribution < -0.4 is 15.4 Å². The van der Waals surface area contributed by atoms with E-state index in [0.29, 0.717) is 18.9 Å². The van der Waals surface area contributed by atoms with Crippen molar-refractivity contribution in [2.45, 2.75) is 38.8 Å². The topological polar surface area (TPSA) is 94.2 Å². The van der Waals surface area contributed by atoms with Crippen LogP contribution in [0.4, 0.5) is 5.95 Å². The minimum atomic E-state index is -0.398. The number of carbonyl (C=O) groups is 1. The quantitative estimate of drug-likeness (QED) is 0.878. The molecule has 19 heavy (non-hydrogen) atoms. The predicted molar refractivity (Wildman–Crippen MR) is 70.2 cm³/mol. The molecule has 1 aliphatic heterocycles. The number of rotatable bonds is 4. The van der Waals surface area contributed by atoms with Gasteiger partial charge in [-0.15, -0.1) is 0 Å². The van der Waals surface area contributed by atoms with Gasteiger partial charge in [0.1, 0.15) is 6.04 Å². The predicted octanol–water partition coefficient (Wildman–Crippen LogP) is 0.766. The molecule has 1 aromatic heterocycles. The summed E-state index contributed by atoms with van der Waals surface area (Å²) >= 11 is 5.85. The molecule has 0 aliphatic carbocycles. The molecule has 0 bridgehead atoms. The molecule has 0 radical (unpaired) electrons. The number of carbonyl (C=O) groups excluding carboxylic acids is 1. The standard InChI is InChI=1S/C11H16ClN5O2/c1-6(2)19-11-15-9(12)14-10(16-11)17-5-3-4-7(17)8(13)18/h6-7H,3-5H2,1-2H3,(H2,13,18). The lowest BCUT2D eigenvalue weighted by atomic mass is 10.2. The summed E-state index contributed by atoms with van der Waals surface area (Å²) in [5, 5.41) is 0.0378. The van der Waals surface area contributed by atoms with Crippen molar-refractivity contribution in [3.8, 4) is 6.01 Å². The lowest BCUT2D eigenvalue weighted by Gasteiger charge is -2.22. The van der Waals surface area contributed by atoms with Crippen molar-refractivity contribution in [2.24, 2.45) is 5.73 Å². The number of nitrogens with zero attached hydrogens (tertiary/aromatic N) is 4. The molecule has 0 saturated carbocycles. The molecule has 1 amide bonds. The fraction of sp³-hybridized carbons (Fsp3) is 0.636. The van der Waals surface area contributed by atoms with E-state index in [9.17, 15) is 4.79 Å². The molecule has 8 heteroatoms. The summed E-state index contributed by atoms with van der Waals surface area (Å²) in [6.45, 7) is 4.38. The van der Waals surface area contributed by atoms with Crippen molar-refractivity contribution in [1.82, 2.24) is 15.0 Å². The summed E-state index contributed by atoms with van der Waals surface area (Å²) in [5.41, 5.74) is 5.37. The Kier molecular flexibility index (Phi) is 4.04. The van der Waals surface area contributed by atoms with E-state index in [1.807, 2.05) is 13.8 Å². The number of aromatic nitrogens is 3. The van der Waals surface area contributed by atoms with Gasteiger partial charge in [-0.3, -0.25) is 4.79 Å². The van der Waals surface area contributed by atoms with E-state index in [0.717, 1.165) is 6.42 Å². The molecule has 2 N–H and O–H groups in total. The molecular weight excluding hydrogens is 270 g/mol. The van der Waals surface area contributed by atoms with Crippen LogP contribution in [0.25, 0.3) is 0 Å². The third-order valence-corrected chi connectivity index (χ3v) is 2.92. The first-order valence-electron chi connectivity index (χ1n) is 6.11. The molecule has 2 rings (SSSR count). The van der Waals surface area contributed by atoms with Gasteiger partial charge >= 0.3 is 6.01 Å².